The van der Waals surface area contributed by atoms with Crippen molar-refractivity contribution in [1.29, 1.82) is 0 Å². The molecule has 1 fully saturated rings. The fourth-order valence-corrected chi connectivity index (χ4v) is 3.06. The number of aromatic hydroxyl groups is 1. The fourth-order valence-electron chi connectivity index (χ4n) is 3.06. The van der Waals surface area contributed by atoms with Crippen LogP contribution in [-0.2, 0) is 0 Å². The van der Waals surface area contributed by atoms with Gasteiger partial charge in [-0.1, -0.05) is 19.9 Å². The lowest BCUT2D eigenvalue weighted by Crippen LogP contribution is -2.49. The van der Waals surface area contributed by atoms with Crippen LogP contribution in [0.3, 0.4) is 0 Å². The molecule has 1 saturated heterocycles. The molecule has 1 aromatic rings. The average molecular weight is 294 g/mol. The average Bonchev–Trinajstić information content (AvgIpc) is 2.48. The largest absolute Gasteiger partial charge is 0.504 e. The van der Waals surface area contributed by atoms with Crippen molar-refractivity contribution in [2.45, 2.75) is 19.9 Å². The number of rotatable bonds is 5. The van der Waals surface area contributed by atoms with E-state index in [1.807, 2.05) is 6.07 Å². The summed E-state index contributed by atoms with van der Waals surface area (Å²) < 4.78 is 5.11. The van der Waals surface area contributed by atoms with E-state index in [0.29, 0.717) is 5.75 Å². The number of phenols is 1. The van der Waals surface area contributed by atoms with Crippen LogP contribution in [0.5, 0.6) is 11.5 Å². The lowest BCUT2D eigenvalue weighted by atomic mass is 9.79. The predicted molar refractivity (Wildman–Crippen MR) is 82.7 cm³/mol. The highest BCUT2D eigenvalue weighted by Crippen LogP contribution is 2.40. The van der Waals surface area contributed by atoms with Gasteiger partial charge in [-0.05, 0) is 17.7 Å². The third-order valence-corrected chi connectivity index (χ3v) is 4.18. The van der Waals surface area contributed by atoms with Crippen LogP contribution in [0.2, 0.25) is 0 Å². The number of phenolic OH excluding ortho intramolecular Hbond substituents is 1. The Morgan fingerprint density at radius 3 is 2.52 bits per heavy atom. The Labute approximate surface area is 126 Å². The topological polar surface area (TPSA) is 65.0 Å². The molecule has 0 radical (unpaired) electrons. The van der Waals surface area contributed by atoms with E-state index in [2.05, 4.69) is 24.1 Å². The molecule has 0 amide bonds. The molecule has 1 aliphatic heterocycles. The minimum Gasteiger partial charge on any atom is -0.504 e. The molecule has 0 unspecified atom stereocenters. The first-order chi connectivity index (χ1) is 9.99. The predicted octanol–water partition coefficient (Wildman–Crippen LogP) is 1.37. The van der Waals surface area contributed by atoms with E-state index in [4.69, 9.17) is 4.74 Å². The maximum Gasteiger partial charge on any atom is 0.160 e. The number of piperazine rings is 1. The highest BCUT2D eigenvalue weighted by molar-refractivity contribution is 5.43. The number of benzene rings is 1. The standard InChI is InChI=1S/C16H26N2O3/c1-16(2,11-19)15(18-8-6-17-7-9-18)12-4-5-14(21-3)13(20)10-12/h4-5,10,15,17,19-20H,6-9,11H2,1-3H3/t15-/m1/s1. The highest BCUT2D eigenvalue weighted by atomic mass is 16.5. The summed E-state index contributed by atoms with van der Waals surface area (Å²) in [6.07, 6.45) is 0. The molecule has 5 nitrogen and oxygen atoms in total. The van der Waals surface area contributed by atoms with E-state index >= 15 is 0 Å². The molecule has 0 saturated carbocycles. The SMILES string of the molecule is COc1ccc([C@@H](N2CCNCC2)C(C)(C)CO)cc1O. The smallest absolute Gasteiger partial charge is 0.160 e. The zero-order chi connectivity index (χ0) is 15.5. The van der Waals surface area contributed by atoms with Crippen molar-refractivity contribution in [1.82, 2.24) is 10.2 Å². The number of hydrogen-bond acceptors (Lipinski definition) is 5. The molecule has 2 rings (SSSR count). The fraction of sp³-hybridized carbons (Fsp3) is 0.625. The van der Waals surface area contributed by atoms with Crippen molar-refractivity contribution in [3.8, 4) is 11.5 Å². The third kappa shape index (κ3) is 3.48. The molecule has 0 aromatic heterocycles. The van der Waals surface area contributed by atoms with Gasteiger partial charge in [0.15, 0.2) is 11.5 Å². The molecule has 21 heavy (non-hydrogen) atoms. The van der Waals surface area contributed by atoms with E-state index < -0.39 is 0 Å². The molecule has 3 N–H and O–H groups in total. The van der Waals surface area contributed by atoms with Crippen LogP contribution in [0.1, 0.15) is 25.5 Å². The van der Waals surface area contributed by atoms with Gasteiger partial charge in [0, 0.05) is 44.2 Å². The van der Waals surface area contributed by atoms with Crippen LogP contribution in [0.4, 0.5) is 0 Å². The zero-order valence-electron chi connectivity index (χ0n) is 13.1. The van der Waals surface area contributed by atoms with Gasteiger partial charge in [0.25, 0.3) is 0 Å². The number of nitrogens with one attached hydrogen (secondary N) is 1. The van der Waals surface area contributed by atoms with Crippen LogP contribution >= 0.6 is 0 Å². The summed E-state index contributed by atoms with van der Waals surface area (Å²) in [6.45, 7) is 7.96. The van der Waals surface area contributed by atoms with Crippen LogP contribution in [-0.4, -0.2) is 55.0 Å². The van der Waals surface area contributed by atoms with Crippen molar-refractivity contribution >= 4 is 0 Å². The Morgan fingerprint density at radius 1 is 1.33 bits per heavy atom. The van der Waals surface area contributed by atoms with E-state index in [0.717, 1.165) is 31.7 Å². The van der Waals surface area contributed by atoms with Crippen LogP contribution in [0, 0.1) is 5.41 Å². The second-order valence-corrected chi connectivity index (χ2v) is 6.27. The van der Waals surface area contributed by atoms with Crippen LogP contribution < -0.4 is 10.1 Å². The summed E-state index contributed by atoms with van der Waals surface area (Å²) >= 11 is 0. The van der Waals surface area contributed by atoms with Crippen molar-refractivity contribution < 1.29 is 14.9 Å². The molecular weight excluding hydrogens is 268 g/mol. The highest BCUT2D eigenvalue weighted by Gasteiger charge is 2.35. The molecule has 0 aliphatic carbocycles. The first-order valence-corrected chi connectivity index (χ1v) is 7.42. The second-order valence-electron chi connectivity index (χ2n) is 6.27. The molecular formula is C16H26N2O3. The van der Waals surface area contributed by atoms with Crippen molar-refractivity contribution in [2.24, 2.45) is 5.41 Å². The van der Waals surface area contributed by atoms with Gasteiger partial charge < -0.3 is 20.3 Å². The minimum atomic E-state index is -0.293. The van der Waals surface area contributed by atoms with E-state index in [1.165, 1.54) is 0 Å². The molecule has 1 aliphatic rings. The number of ether oxygens (including phenoxy) is 1. The molecule has 0 spiro atoms. The quantitative estimate of drug-likeness (QED) is 0.765. The number of aliphatic hydroxyl groups is 1. The summed E-state index contributed by atoms with van der Waals surface area (Å²) in [5.41, 5.74) is 0.715. The number of aliphatic hydroxyl groups excluding tert-OH is 1. The van der Waals surface area contributed by atoms with E-state index in [1.54, 1.807) is 19.2 Å². The van der Waals surface area contributed by atoms with Gasteiger partial charge in [-0.25, -0.2) is 0 Å². The van der Waals surface area contributed by atoms with Gasteiger partial charge in [-0.3, -0.25) is 4.90 Å². The molecule has 5 heteroatoms. The van der Waals surface area contributed by atoms with Gasteiger partial charge in [-0.2, -0.15) is 0 Å². The summed E-state index contributed by atoms with van der Waals surface area (Å²) in [5, 5.41) is 23.2. The first-order valence-electron chi connectivity index (χ1n) is 7.42. The molecule has 1 heterocycles. The molecule has 0 bridgehead atoms. The van der Waals surface area contributed by atoms with Crippen LogP contribution in [0.25, 0.3) is 0 Å². The van der Waals surface area contributed by atoms with Gasteiger partial charge in [0.05, 0.1) is 7.11 Å². The summed E-state index contributed by atoms with van der Waals surface area (Å²) in [7, 11) is 1.54. The van der Waals surface area contributed by atoms with Crippen LogP contribution in [0.15, 0.2) is 18.2 Å². The maximum atomic E-state index is 10.1. The lowest BCUT2D eigenvalue weighted by molar-refractivity contribution is 0.0304. The molecule has 1 aromatic carbocycles. The second kappa shape index (κ2) is 6.64. The number of nitrogens with zero attached hydrogens (tertiary/aromatic N) is 1. The summed E-state index contributed by atoms with van der Waals surface area (Å²) in [6, 6.07) is 5.57. The summed E-state index contributed by atoms with van der Waals surface area (Å²) in [5.74, 6) is 0.614. The van der Waals surface area contributed by atoms with E-state index in [-0.39, 0.29) is 23.8 Å². The minimum absolute atomic E-state index is 0.0569. The van der Waals surface area contributed by atoms with Crippen molar-refractivity contribution in [3.05, 3.63) is 23.8 Å². The Morgan fingerprint density at radius 2 is 2.00 bits per heavy atom. The number of hydrogen-bond donors (Lipinski definition) is 3. The van der Waals surface area contributed by atoms with Gasteiger partial charge >= 0.3 is 0 Å². The molecule has 1 atom stereocenters. The van der Waals surface area contributed by atoms with Crippen molar-refractivity contribution in [2.75, 3.05) is 39.9 Å². The monoisotopic (exact) mass is 294 g/mol. The number of methoxy groups -OCH3 is 1. The zero-order valence-corrected chi connectivity index (χ0v) is 13.1. The maximum absolute atomic E-state index is 10.1. The van der Waals surface area contributed by atoms with Gasteiger partial charge in [-0.15, -0.1) is 0 Å². The molecule has 118 valence electrons. The lowest BCUT2D eigenvalue weighted by Gasteiger charge is -2.43. The Kier molecular flexibility index (Phi) is 5.08. The normalized spacial score (nSPS) is 18.5. The van der Waals surface area contributed by atoms with Gasteiger partial charge in [0.1, 0.15) is 0 Å². The third-order valence-electron chi connectivity index (χ3n) is 4.18. The first kappa shape index (κ1) is 16.1. The summed E-state index contributed by atoms with van der Waals surface area (Å²) in [4.78, 5) is 2.37. The Hall–Kier alpha value is -1.30. The van der Waals surface area contributed by atoms with E-state index in [9.17, 15) is 10.2 Å². The van der Waals surface area contributed by atoms with Crippen molar-refractivity contribution in [3.63, 3.8) is 0 Å². The Bertz CT molecular complexity index is 471. The Balaban J connectivity index is 2.36. The van der Waals surface area contributed by atoms with Gasteiger partial charge in [0.2, 0.25) is 0 Å².